The number of carbonyl (C=O) groups is 1. The highest BCUT2D eigenvalue weighted by Crippen LogP contribution is 2.39. The quantitative estimate of drug-likeness (QED) is 0.395. The van der Waals surface area contributed by atoms with Crippen LogP contribution in [0, 0.1) is 0 Å². The average molecular weight is 560 g/mol. The molecule has 0 saturated carbocycles. The number of amides is 1. The van der Waals surface area contributed by atoms with E-state index >= 15 is 0 Å². The lowest BCUT2D eigenvalue weighted by molar-refractivity contribution is -0.128. The first-order valence-corrected chi connectivity index (χ1v) is 14.3. The zero-order chi connectivity index (χ0) is 27.8. The van der Waals surface area contributed by atoms with Crippen molar-refractivity contribution >= 4 is 39.9 Å². The van der Waals surface area contributed by atoms with Crippen molar-refractivity contribution in [3.8, 4) is 11.9 Å². The Kier molecular flexibility index (Phi) is 7.38. The van der Waals surface area contributed by atoms with Gasteiger partial charge in [-0.15, -0.1) is 0 Å². The van der Waals surface area contributed by atoms with E-state index in [9.17, 15) is 4.79 Å². The number of hydrogen-bond donors (Lipinski definition) is 0. The second-order valence-electron chi connectivity index (χ2n) is 10.8. The highest BCUT2D eigenvalue weighted by Gasteiger charge is 2.32. The summed E-state index contributed by atoms with van der Waals surface area (Å²) >= 11 is 6.63. The molecule has 8 nitrogen and oxygen atoms in total. The Morgan fingerprint density at radius 3 is 2.77 bits per heavy atom. The summed E-state index contributed by atoms with van der Waals surface area (Å²) in [5.74, 6) is 1.96. The van der Waals surface area contributed by atoms with E-state index in [0.717, 1.165) is 47.1 Å². The molecule has 6 rings (SSSR count). The number of ether oxygens (including phenoxy) is 2. The molecular formula is C31H34ClN5O3. The molecule has 40 heavy (non-hydrogen) atoms. The molecule has 0 unspecified atom stereocenters. The molecule has 3 aliphatic heterocycles. The zero-order valence-electron chi connectivity index (χ0n) is 23.0. The number of likely N-dealkylation sites (N-methyl/N-ethyl adjacent to an activating group) is 1. The maximum absolute atomic E-state index is 12.3. The molecule has 1 aromatic heterocycles. The van der Waals surface area contributed by atoms with Crippen LogP contribution in [0.15, 0.2) is 55.1 Å². The second kappa shape index (κ2) is 11.1. The number of carbonyl (C=O) groups excluding carboxylic acids is 1. The Morgan fingerprint density at radius 1 is 1.20 bits per heavy atom. The molecule has 0 radical (unpaired) electrons. The van der Waals surface area contributed by atoms with Crippen LogP contribution in [-0.4, -0.2) is 77.6 Å². The van der Waals surface area contributed by atoms with E-state index in [1.807, 2.05) is 48.2 Å². The second-order valence-corrected chi connectivity index (χ2v) is 11.2. The molecule has 208 valence electrons. The summed E-state index contributed by atoms with van der Waals surface area (Å²) in [5, 5.41) is 2.68. The van der Waals surface area contributed by atoms with Crippen molar-refractivity contribution < 1.29 is 14.3 Å². The molecule has 9 heteroatoms. The fraction of sp³-hybridized carbons (Fsp3) is 0.387. The lowest BCUT2D eigenvalue weighted by Crippen LogP contribution is -2.54. The van der Waals surface area contributed by atoms with E-state index < -0.39 is 0 Å². The van der Waals surface area contributed by atoms with Crippen molar-refractivity contribution in [3.63, 3.8) is 0 Å². The molecule has 0 spiro atoms. The van der Waals surface area contributed by atoms with Gasteiger partial charge in [0.05, 0.1) is 5.56 Å². The summed E-state index contributed by atoms with van der Waals surface area (Å²) in [6, 6.07) is 12.6. The first kappa shape index (κ1) is 26.6. The Labute approximate surface area is 239 Å². The number of fused-ring (bicyclic) bond motifs is 2. The third kappa shape index (κ3) is 5.02. The van der Waals surface area contributed by atoms with Gasteiger partial charge in [0.15, 0.2) is 0 Å². The number of likely N-dealkylation sites (tertiary alicyclic amines) is 1. The highest BCUT2D eigenvalue weighted by atomic mass is 35.5. The fourth-order valence-corrected chi connectivity index (χ4v) is 6.27. The Balaban J connectivity index is 1.34. The lowest BCUT2D eigenvalue weighted by Gasteiger charge is -2.40. The van der Waals surface area contributed by atoms with Crippen molar-refractivity contribution in [3.05, 3.63) is 71.3 Å². The number of halogens is 1. The van der Waals surface area contributed by atoms with E-state index in [-0.39, 0.29) is 11.9 Å². The summed E-state index contributed by atoms with van der Waals surface area (Å²) in [6.45, 7) is 9.17. The monoisotopic (exact) mass is 559 g/mol. The van der Waals surface area contributed by atoms with Crippen LogP contribution in [0.4, 0.5) is 5.82 Å². The van der Waals surface area contributed by atoms with Crippen molar-refractivity contribution in [2.45, 2.75) is 38.3 Å². The molecule has 2 fully saturated rings. The highest BCUT2D eigenvalue weighted by molar-refractivity contribution is 6.36. The maximum atomic E-state index is 12.3. The summed E-state index contributed by atoms with van der Waals surface area (Å²) in [7, 11) is 2.13. The van der Waals surface area contributed by atoms with Crippen LogP contribution in [-0.2, 0) is 11.2 Å². The smallest absolute Gasteiger partial charge is 0.321 e. The van der Waals surface area contributed by atoms with E-state index in [1.54, 1.807) is 0 Å². The topological polar surface area (TPSA) is 71.0 Å². The fourth-order valence-electron chi connectivity index (χ4n) is 5.98. The number of aromatic nitrogens is 2. The molecule has 3 aromatic rings. The third-order valence-corrected chi connectivity index (χ3v) is 8.52. The van der Waals surface area contributed by atoms with E-state index in [4.69, 9.17) is 31.0 Å². The number of piperazine rings is 1. The number of benzene rings is 2. The molecule has 2 saturated heterocycles. The third-order valence-electron chi connectivity index (χ3n) is 8.21. The lowest BCUT2D eigenvalue weighted by atomic mass is 10.0. The van der Waals surface area contributed by atoms with Crippen LogP contribution >= 0.6 is 11.6 Å². The first-order valence-electron chi connectivity index (χ1n) is 13.9. The maximum Gasteiger partial charge on any atom is 0.321 e. The predicted octanol–water partition coefficient (Wildman–Crippen LogP) is 4.96. The molecule has 0 aliphatic carbocycles. The number of allylic oxidation sites excluding steroid dienone is 1. The average Bonchev–Trinajstić information content (AvgIpc) is 3.39. The van der Waals surface area contributed by atoms with E-state index in [0.29, 0.717) is 61.4 Å². The minimum atomic E-state index is -0.0498. The van der Waals surface area contributed by atoms with Gasteiger partial charge in [-0.2, -0.15) is 9.97 Å². The summed E-state index contributed by atoms with van der Waals surface area (Å²) in [4.78, 5) is 28.4. The number of anilines is 1. The molecular weight excluding hydrogens is 526 g/mol. The van der Waals surface area contributed by atoms with Gasteiger partial charge in [0.25, 0.3) is 0 Å². The van der Waals surface area contributed by atoms with Crippen molar-refractivity contribution in [1.29, 1.82) is 0 Å². The SMILES string of the molecule is C=CC(=O)N1CCN(c2nc(OC[C@@H]3CCCN3C)nc3c2CC=C(c2cccc4cccc(Cl)c24)O3)C[C@H]1C. The van der Waals surface area contributed by atoms with Crippen molar-refractivity contribution in [2.24, 2.45) is 0 Å². The van der Waals surface area contributed by atoms with Crippen LogP contribution in [0.3, 0.4) is 0 Å². The number of hydrogen-bond acceptors (Lipinski definition) is 7. The van der Waals surface area contributed by atoms with Crippen LogP contribution in [0.25, 0.3) is 16.5 Å². The Bertz CT molecular complexity index is 1490. The summed E-state index contributed by atoms with van der Waals surface area (Å²) in [6.07, 6.45) is 6.31. The van der Waals surface area contributed by atoms with Gasteiger partial charge in [-0.1, -0.05) is 48.5 Å². The predicted molar refractivity (Wildman–Crippen MR) is 158 cm³/mol. The van der Waals surface area contributed by atoms with Gasteiger partial charge in [0.2, 0.25) is 11.8 Å². The van der Waals surface area contributed by atoms with Gasteiger partial charge in [0.1, 0.15) is 18.2 Å². The van der Waals surface area contributed by atoms with Gasteiger partial charge >= 0.3 is 6.01 Å². The Hall–Kier alpha value is -3.62. The van der Waals surface area contributed by atoms with Crippen LogP contribution in [0.1, 0.15) is 30.9 Å². The van der Waals surface area contributed by atoms with E-state index in [2.05, 4.69) is 29.5 Å². The minimum Gasteiger partial charge on any atom is -0.462 e. The summed E-state index contributed by atoms with van der Waals surface area (Å²) in [5.41, 5.74) is 1.84. The van der Waals surface area contributed by atoms with Crippen molar-refractivity contribution in [2.75, 3.05) is 44.7 Å². The Morgan fingerprint density at radius 2 is 2.02 bits per heavy atom. The van der Waals surface area contributed by atoms with Gasteiger partial charge < -0.3 is 24.2 Å². The standard InChI is InChI=1S/C31H34ClN5O3/c1-4-27(38)37-17-16-36(18-20(37)2)29-24-13-14-26(23-11-5-8-21-9-6-12-25(32)28(21)23)40-30(24)34-31(33-29)39-19-22-10-7-15-35(22)3/h4-6,8-9,11-12,14,20,22H,1,7,10,13,15-19H2,2-3H3/t20-,22+/m1/s1. The molecule has 2 aromatic carbocycles. The normalized spacial score (nSPS) is 21.1. The molecule has 2 atom stereocenters. The minimum absolute atomic E-state index is 0.00908. The van der Waals surface area contributed by atoms with Crippen LogP contribution in [0.5, 0.6) is 11.9 Å². The molecule has 0 N–H and O–H groups in total. The molecule has 0 bridgehead atoms. The largest absolute Gasteiger partial charge is 0.462 e. The zero-order valence-corrected chi connectivity index (χ0v) is 23.7. The van der Waals surface area contributed by atoms with Gasteiger partial charge in [-0.05, 0) is 57.0 Å². The van der Waals surface area contributed by atoms with Gasteiger partial charge in [0, 0.05) is 54.1 Å². The molecule has 1 amide bonds. The van der Waals surface area contributed by atoms with Gasteiger partial charge in [-0.25, -0.2) is 0 Å². The van der Waals surface area contributed by atoms with Gasteiger partial charge in [-0.3, -0.25) is 4.79 Å². The number of rotatable bonds is 6. The number of nitrogens with zero attached hydrogens (tertiary/aromatic N) is 5. The van der Waals surface area contributed by atoms with Crippen LogP contribution in [0.2, 0.25) is 5.02 Å². The molecule has 3 aliphatic rings. The van der Waals surface area contributed by atoms with E-state index in [1.165, 1.54) is 6.08 Å². The van der Waals surface area contributed by atoms with Crippen molar-refractivity contribution in [1.82, 2.24) is 19.8 Å². The first-order chi connectivity index (χ1) is 19.4. The molecule has 4 heterocycles. The van der Waals surface area contributed by atoms with Crippen LogP contribution < -0.4 is 14.4 Å². The summed E-state index contributed by atoms with van der Waals surface area (Å²) < 4.78 is 12.7.